The van der Waals surface area contributed by atoms with Crippen molar-refractivity contribution < 1.29 is 19.1 Å². The van der Waals surface area contributed by atoms with Gasteiger partial charge < -0.3 is 14.8 Å². The number of esters is 1. The van der Waals surface area contributed by atoms with Crippen molar-refractivity contribution in [3.63, 3.8) is 0 Å². The largest absolute Gasteiger partial charge is 0.488 e. The maximum absolute atomic E-state index is 12.7. The Hall–Kier alpha value is -3.61. The van der Waals surface area contributed by atoms with E-state index in [9.17, 15) is 9.59 Å². The Morgan fingerprint density at radius 1 is 1.19 bits per heavy atom. The normalized spacial score (nSPS) is 11.7. The van der Waals surface area contributed by atoms with E-state index in [1.807, 2.05) is 24.3 Å². The predicted molar refractivity (Wildman–Crippen MR) is 98.7 cm³/mol. The highest BCUT2D eigenvalue weighted by atomic mass is 16.5. The molecule has 2 heterocycles. The Kier molecular flexibility index (Phi) is 4.33. The second-order valence-electron chi connectivity index (χ2n) is 5.96. The number of hydrogen-bond donors (Lipinski definition) is 2. The van der Waals surface area contributed by atoms with Gasteiger partial charge in [0.15, 0.2) is 0 Å². The molecular weight excluding hydrogens is 346 g/mol. The van der Waals surface area contributed by atoms with E-state index in [2.05, 4.69) is 15.5 Å². The second-order valence-corrected chi connectivity index (χ2v) is 5.96. The molecular formula is C20H17N3O4. The van der Waals surface area contributed by atoms with Gasteiger partial charge in [0, 0.05) is 16.8 Å². The summed E-state index contributed by atoms with van der Waals surface area (Å²) in [4.78, 5) is 24.3. The monoisotopic (exact) mass is 363 g/mol. The highest BCUT2D eigenvalue weighted by Crippen LogP contribution is 2.37. The van der Waals surface area contributed by atoms with Crippen molar-refractivity contribution in [2.24, 2.45) is 0 Å². The lowest BCUT2D eigenvalue weighted by molar-refractivity contribution is 0.0526. The molecule has 2 aromatic carbocycles. The van der Waals surface area contributed by atoms with Crippen LogP contribution in [0.4, 0.5) is 5.69 Å². The molecule has 0 saturated carbocycles. The first-order valence-corrected chi connectivity index (χ1v) is 8.55. The summed E-state index contributed by atoms with van der Waals surface area (Å²) < 4.78 is 10.7. The average Bonchev–Trinajstić information content (AvgIpc) is 3.13. The molecule has 2 N–H and O–H groups in total. The van der Waals surface area contributed by atoms with Crippen LogP contribution in [0, 0.1) is 0 Å². The molecule has 7 nitrogen and oxygen atoms in total. The Balaban J connectivity index is 1.54. The number of para-hydroxylation sites is 1. The molecule has 7 heteroatoms. The summed E-state index contributed by atoms with van der Waals surface area (Å²) in [6.07, 6.45) is 0. The van der Waals surface area contributed by atoms with E-state index in [-0.39, 0.29) is 12.5 Å². The fourth-order valence-electron chi connectivity index (χ4n) is 2.95. The summed E-state index contributed by atoms with van der Waals surface area (Å²) in [7, 11) is 0. The maximum Gasteiger partial charge on any atom is 0.338 e. The van der Waals surface area contributed by atoms with E-state index in [1.54, 1.807) is 31.2 Å². The van der Waals surface area contributed by atoms with Crippen LogP contribution in [0.25, 0.3) is 11.3 Å². The van der Waals surface area contributed by atoms with Crippen LogP contribution in [0.2, 0.25) is 0 Å². The Morgan fingerprint density at radius 2 is 1.96 bits per heavy atom. The number of carbonyl (C=O) groups is 2. The van der Waals surface area contributed by atoms with E-state index in [1.165, 1.54) is 0 Å². The van der Waals surface area contributed by atoms with Crippen molar-refractivity contribution in [1.29, 1.82) is 0 Å². The highest BCUT2D eigenvalue weighted by Gasteiger charge is 2.26. The van der Waals surface area contributed by atoms with Crippen LogP contribution < -0.4 is 10.1 Å². The van der Waals surface area contributed by atoms with Gasteiger partial charge in [0.2, 0.25) is 0 Å². The lowest BCUT2D eigenvalue weighted by Crippen LogP contribution is -2.16. The van der Waals surface area contributed by atoms with Crippen LogP contribution in [-0.2, 0) is 11.3 Å². The number of aromatic amines is 1. The first-order chi connectivity index (χ1) is 13.2. The Bertz CT molecular complexity index is 1010. The first kappa shape index (κ1) is 16.8. The average molecular weight is 363 g/mol. The molecule has 0 radical (unpaired) electrons. The molecule has 0 aliphatic carbocycles. The van der Waals surface area contributed by atoms with Crippen molar-refractivity contribution >= 4 is 17.6 Å². The van der Waals surface area contributed by atoms with Crippen molar-refractivity contribution in [3.8, 4) is 17.0 Å². The van der Waals surface area contributed by atoms with Gasteiger partial charge in [-0.1, -0.05) is 12.1 Å². The Labute approximate surface area is 155 Å². The van der Waals surface area contributed by atoms with Crippen LogP contribution in [0.3, 0.4) is 0 Å². The van der Waals surface area contributed by atoms with Crippen LogP contribution in [-0.4, -0.2) is 28.7 Å². The quantitative estimate of drug-likeness (QED) is 0.693. The summed E-state index contributed by atoms with van der Waals surface area (Å²) >= 11 is 0. The van der Waals surface area contributed by atoms with Crippen molar-refractivity contribution in [3.05, 3.63) is 65.4 Å². The number of carbonyl (C=O) groups excluding carboxylic acids is 2. The molecule has 1 aliphatic heterocycles. The molecule has 0 fully saturated rings. The number of rotatable bonds is 4. The lowest BCUT2D eigenvalue weighted by atomic mass is 10.0. The molecule has 0 atom stereocenters. The zero-order chi connectivity index (χ0) is 18.8. The summed E-state index contributed by atoms with van der Waals surface area (Å²) in [5.74, 6) is 0.0301. The SMILES string of the molecule is CCOC(=O)c1ccc(NC(=O)c2[nH]nc3c2COc2ccccc2-3)cc1. The van der Waals surface area contributed by atoms with Crippen molar-refractivity contribution in [1.82, 2.24) is 10.2 Å². The standard InChI is InChI=1S/C20H17N3O4/c1-2-26-20(25)12-7-9-13(10-8-12)21-19(24)18-15-11-27-16-6-4-3-5-14(16)17(15)22-23-18/h3-10H,2,11H2,1H3,(H,21,24)(H,22,23). The van der Waals surface area contributed by atoms with Crippen LogP contribution >= 0.6 is 0 Å². The second kappa shape index (κ2) is 6.95. The summed E-state index contributed by atoms with van der Waals surface area (Å²) in [6, 6.07) is 14.1. The number of ether oxygens (including phenoxy) is 2. The third-order valence-corrected chi connectivity index (χ3v) is 4.26. The van der Waals surface area contributed by atoms with Crippen molar-refractivity contribution in [2.75, 3.05) is 11.9 Å². The molecule has 27 heavy (non-hydrogen) atoms. The van der Waals surface area contributed by atoms with E-state index in [0.717, 1.165) is 17.0 Å². The van der Waals surface area contributed by atoms with Gasteiger partial charge in [-0.15, -0.1) is 0 Å². The number of amides is 1. The van der Waals surface area contributed by atoms with Gasteiger partial charge in [-0.2, -0.15) is 5.10 Å². The van der Waals surface area contributed by atoms with E-state index in [0.29, 0.717) is 29.1 Å². The third kappa shape index (κ3) is 3.15. The number of hydrogen-bond acceptors (Lipinski definition) is 5. The molecule has 0 unspecified atom stereocenters. The molecule has 1 aromatic heterocycles. The molecule has 136 valence electrons. The fraction of sp³-hybridized carbons (Fsp3) is 0.150. The van der Waals surface area contributed by atoms with Gasteiger partial charge in [-0.3, -0.25) is 9.89 Å². The van der Waals surface area contributed by atoms with E-state index in [4.69, 9.17) is 9.47 Å². The molecule has 1 aliphatic rings. The highest BCUT2D eigenvalue weighted by molar-refractivity contribution is 6.05. The number of anilines is 1. The minimum absolute atomic E-state index is 0.271. The van der Waals surface area contributed by atoms with Gasteiger partial charge >= 0.3 is 5.97 Å². The molecule has 0 spiro atoms. The Morgan fingerprint density at radius 3 is 2.74 bits per heavy atom. The van der Waals surface area contributed by atoms with E-state index >= 15 is 0 Å². The predicted octanol–water partition coefficient (Wildman–Crippen LogP) is 3.40. The van der Waals surface area contributed by atoms with Gasteiger partial charge in [-0.05, 0) is 43.3 Å². The minimum atomic E-state index is -0.395. The number of H-pyrrole nitrogens is 1. The van der Waals surface area contributed by atoms with Gasteiger partial charge in [0.25, 0.3) is 5.91 Å². The first-order valence-electron chi connectivity index (χ1n) is 8.55. The van der Waals surface area contributed by atoms with E-state index < -0.39 is 5.97 Å². The summed E-state index contributed by atoms with van der Waals surface area (Å²) in [5, 5.41) is 9.90. The summed E-state index contributed by atoms with van der Waals surface area (Å²) in [6.45, 7) is 2.33. The van der Waals surface area contributed by atoms with Crippen LogP contribution in [0.5, 0.6) is 5.75 Å². The number of nitrogens with zero attached hydrogens (tertiary/aromatic N) is 1. The molecule has 0 saturated heterocycles. The molecule has 3 aromatic rings. The molecule has 1 amide bonds. The molecule has 4 rings (SSSR count). The smallest absolute Gasteiger partial charge is 0.338 e. The zero-order valence-corrected chi connectivity index (χ0v) is 14.6. The number of aromatic nitrogens is 2. The molecule has 0 bridgehead atoms. The summed E-state index contributed by atoms with van der Waals surface area (Å²) in [5.41, 5.74) is 3.64. The minimum Gasteiger partial charge on any atom is -0.488 e. The van der Waals surface area contributed by atoms with Gasteiger partial charge in [0.05, 0.1) is 12.2 Å². The topological polar surface area (TPSA) is 93.3 Å². The lowest BCUT2D eigenvalue weighted by Gasteiger charge is -2.17. The zero-order valence-electron chi connectivity index (χ0n) is 14.6. The van der Waals surface area contributed by atoms with Gasteiger partial charge in [-0.25, -0.2) is 4.79 Å². The number of benzene rings is 2. The van der Waals surface area contributed by atoms with Crippen LogP contribution in [0.15, 0.2) is 48.5 Å². The van der Waals surface area contributed by atoms with Gasteiger partial charge in [0.1, 0.15) is 23.7 Å². The third-order valence-electron chi connectivity index (χ3n) is 4.26. The number of nitrogens with one attached hydrogen (secondary N) is 2. The maximum atomic E-state index is 12.7. The number of fused-ring (bicyclic) bond motifs is 3. The fourth-order valence-corrected chi connectivity index (χ4v) is 2.95. The van der Waals surface area contributed by atoms with Crippen molar-refractivity contribution in [2.45, 2.75) is 13.5 Å². The van der Waals surface area contributed by atoms with Crippen LogP contribution in [0.1, 0.15) is 33.3 Å².